The van der Waals surface area contributed by atoms with Crippen LogP contribution in [0.15, 0.2) is 29.2 Å². The Morgan fingerprint density at radius 1 is 1.30 bits per heavy atom. The first-order valence-corrected chi connectivity index (χ1v) is 9.31. The van der Waals surface area contributed by atoms with Gasteiger partial charge in [-0.25, -0.2) is 12.8 Å². The third-order valence-corrected chi connectivity index (χ3v) is 6.12. The van der Waals surface area contributed by atoms with E-state index in [0.717, 1.165) is 42.1 Å². The first-order chi connectivity index (χ1) is 10.9. The molecule has 23 heavy (non-hydrogen) atoms. The summed E-state index contributed by atoms with van der Waals surface area (Å²) in [6.45, 7) is 2.52. The number of sulfonamides is 1. The number of piperidine rings is 1. The van der Waals surface area contributed by atoms with Gasteiger partial charge in [0, 0.05) is 19.6 Å². The molecular formula is C16H23FN2O3S. The molecule has 0 radical (unpaired) electrons. The average molecular weight is 342 g/mol. The normalized spacial score (nSPS) is 19.1. The molecule has 1 saturated heterocycles. The maximum atomic E-state index is 12.9. The molecule has 0 N–H and O–H groups in total. The average Bonchev–Trinajstić information content (AvgIpc) is 2.55. The summed E-state index contributed by atoms with van der Waals surface area (Å²) in [6.07, 6.45) is 3.90. The molecular weight excluding hydrogens is 319 g/mol. The van der Waals surface area contributed by atoms with Crippen molar-refractivity contribution in [2.45, 2.75) is 43.5 Å². The zero-order valence-corrected chi connectivity index (χ0v) is 14.4. The summed E-state index contributed by atoms with van der Waals surface area (Å²) in [5, 5.41) is 0. The molecule has 1 aliphatic rings. The summed E-state index contributed by atoms with van der Waals surface area (Å²) in [6, 6.07) is 4.81. The molecule has 128 valence electrons. The molecule has 2 rings (SSSR count). The number of hydrogen-bond acceptors (Lipinski definition) is 3. The Balaban J connectivity index is 2.09. The number of likely N-dealkylation sites (N-methyl/N-ethyl adjacent to an activating group) is 1. The van der Waals surface area contributed by atoms with Crippen LogP contribution in [0.4, 0.5) is 4.39 Å². The molecule has 1 fully saturated rings. The van der Waals surface area contributed by atoms with E-state index in [4.69, 9.17) is 0 Å². The summed E-state index contributed by atoms with van der Waals surface area (Å²) in [7, 11) is -2.42. The van der Waals surface area contributed by atoms with Gasteiger partial charge in [0.15, 0.2) is 0 Å². The summed E-state index contributed by atoms with van der Waals surface area (Å²) in [4.78, 5) is 14.2. The predicted molar refractivity (Wildman–Crippen MR) is 85.9 cm³/mol. The molecule has 1 atom stereocenters. The van der Waals surface area contributed by atoms with Gasteiger partial charge >= 0.3 is 0 Å². The third-order valence-electron chi connectivity index (χ3n) is 4.30. The number of likely N-dealkylation sites (tertiary alicyclic amines) is 1. The van der Waals surface area contributed by atoms with E-state index in [-0.39, 0.29) is 23.4 Å². The maximum Gasteiger partial charge on any atom is 0.243 e. The number of nitrogens with zero attached hydrogens (tertiary/aromatic N) is 2. The molecule has 0 aliphatic carbocycles. The predicted octanol–water partition coefficient (Wildman–Crippen LogP) is 2.24. The molecule has 1 amide bonds. The Bertz CT molecular complexity index is 646. The number of carbonyl (C=O) groups is 1. The van der Waals surface area contributed by atoms with Crippen molar-refractivity contribution in [3.8, 4) is 0 Å². The van der Waals surface area contributed by atoms with E-state index in [1.165, 1.54) is 19.2 Å². The molecule has 0 unspecified atom stereocenters. The second-order valence-corrected chi connectivity index (χ2v) is 7.90. The van der Waals surface area contributed by atoms with Crippen molar-refractivity contribution in [3.05, 3.63) is 30.1 Å². The van der Waals surface area contributed by atoms with Crippen molar-refractivity contribution < 1.29 is 17.6 Å². The summed E-state index contributed by atoms with van der Waals surface area (Å²) >= 11 is 0. The van der Waals surface area contributed by atoms with E-state index in [2.05, 4.69) is 0 Å². The molecule has 1 aromatic rings. The SMILES string of the molecule is CC[C@H]1CCCCN1C(=O)CN(C)S(=O)(=O)c1ccc(F)cc1. The smallest absolute Gasteiger partial charge is 0.243 e. The molecule has 0 spiro atoms. The van der Waals surface area contributed by atoms with E-state index < -0.39 is 15.8 Å². The lowest BCUT2D eigenvalue weighted by molar-refractivity contribution is -0.134. The first kappa shape index (κ1) is 17.9. The third kappa shape index (κ3) is 4.09. The van der Waals surface area contributed by atoms with Crippen LogP contribution in [0.25, 0.3) is 0 Å². The zero-order valence-electron chi connectivity index (χ0n) is 13.5. The zero-order chi connectivity index (χ0) is 17.0. The Hall–Kier alpha value is -1.47. The van der Waals surface area contributed by atoms with E-state index in [1.54, 1.807) is 4.90 Å². The highest BCUT2D eigenvalue weighted by Crippen LogP contribution is 2.21. The number of amides is 1. The number of halogens is 1. The first-order valence-electron chi connectivity index (χ1n) is 7.87. The van der Waals surface area contributed by atoms with Crippen LogP contribution in [0.5, 0.6) is 0 Å². The van der Waals surface area contributed by atoms with Gasteiger partial charge in [-0.15, -0.1) is 0 Å². The molecule has 1 heterocycles. The van der Waals surface area contributed by atoms with Crippen LogP contribution in [-0.2, 0) is 14.8 Å². The summed E-state index contributed by atoms with van der Waals surface area (Å²) in [5.41, 5.74) is 0. The largest absolute Gasteiger partial charge is 0.339 e. The monoisotopic (exact) mass is 342 g/mol. The van der Waals surface area contributed by atoms with Gasteiger partial charge < -0.3 is 4.90 Å². The van der Waals surface area contributed by atoms with E-state index >= 15 is 0 Å². The highest BCUT2D eigenvalue weighted by Gasteiger charge is 2.29. The van der Waals surface area contributed by atoms with Crippen molar-refractivity contribution >= 4 is 15.9 Å². The highest BCUT2D eigenvalue weighted by atomic mass is 32.2. The van der Waals surface area contributed by atoms with Crippen LogP contribution in [0.2, 0.25) is 0 Å². The van der Waals surface area contributed by atoms with Crippen LogP contribution in [-0.4, -0.2) is 49.7 Å². The minimum absolute atomic E-state index is 0.0140. The minimum Gasteiger partial charge on any atom is -0.339 e. The van der Waals surface area contributed by atoms with E-state index in [1.807, 2.05) is 6.92 Å². The quantitative estimate of drug-likeness (QED) is 0.824. The Kier molecular flexibility index (Phi) is 5.75. The van der Waals surface area contributed by atoms with Gasteiger partial charge in [0.05, 0.1) is 11.4 Å². The summed E-state index contributed by atoms with van der Waals surface area (Å²) in [5.74, 6) is -0.675. The van der Waals surface area contributed by atoms with Crippen molar-refractivity contribution in [1.82, 2.24) is 9.21 Å². The molecule has 5 nitrogen and oxygen atoms in total. The van der Waals surface area contributed by atoms with Crippen molar-refractivity contribution in [2.24, 2.45) is 0 Å². The molecule has 1 aliphatic heterocycles. The van der Waals surface area contributed by atoms with Crippen LogP contribution in [0.3, 0.4) is 0 Å². The van der Waals surface area contributed by atoms with Gasteiger partial charge in [0.1, 0.15) is 5.82 Å². The standard InChI is InChI=1S/C16H23FN2O3S/c1-3-14-6-4-5-11-19(14)16(20)12-18(2)23(21,22)15-9-7-13(17)8-10-15/h7-10,14H,3-6,11-12H2,1-2H3/t14-/m0/s1. The fraction of sp³-hybridized carbons (Fsp3) is 0.562. The molecule has 0 aromatic heterocycles. The van der Waals surface area contributed by atoms with Crippen molar-refractivity contribution in [3.63, 3.8) is 0 Å². The van der Waals surface area contributed by atoms with Gasteiger partial charge in [-0.05, 0) is 49.9 Å². The highest BCUT2D eigenvalue weighted by molar-refractivity contribution is 7.89. The number of carbonyl (C=O) groups excluding carboxylic acids is 1. The Morgan fingerprint density at radius 2 is 1.96 bits per heavy atom. The van der Waals surface area contributed by atoms with E-state index in [9.17, 15) is 17.6 Å². The number of rotatable bonds is 5. The second-order valence-electron chi connectivity index (χ2n) is 5.86. The second kappa shape index (κ2) is 7.40. The van der Waals surface area contributed by atoms with Crippen LogP contribution in [0, 0.1) is 5.82 Å². The van der Waals surface area contributed by atoms with Crippen LogP contribution < -0.4 is 0 Å². The molecule has 0 bridgehead atoms. The van der Waals surface area contributed by atoms with Crippen molar-refractivity contribution in [2.75, 3.05) is 20.1 Å². The van der Waals surface area contributed by atoms with Gasteiger partial charge in [-0.2, -0.15) is 4.31 Å². The van der Waals surface area contributed by atoms with Crippen LogP contribution in [0.1, 0.15) is 32.6 Å². The lowest BCUT2D eigenvalue weighted by Gasteiger charge is -2.36. The molecule has 7 heteroatoms. The van der Waals surface area contributed by atoms with Gasteiger partial charge in [0.2, 0.25) is 15.9 Å². The molecule has 1 aromatic carbocycles. The Morgan fingerprint density at radius 3 is 2.57 bits per heavy atom. The fourth-order valence-corrected chi connectivity index (χ4v) is 4.03. The van der Waals surface area contributed by atoms with E-state index in [0.29, 0.717) is 6.54 Å². The van der Waals surface area contributed by atoms with Gasteiger partial charge in [0.25, 0.3) is 0 Å². The molecule has 0 saturated carbocycles. The number of benzene rings is 1. The lowest BCUT2D eigenvalue weighted by atomic mass is 10.00. The topological polar surface area (TPSA) is 57.7 Å². The Labute approximate surface area is 137 Å². The fourth-order valence-electron chi connectivity index (χ4n) is 2.91. The number of hydrogen-bond donors (Lipinski definition) is 0. The lowest BCUT2D eigenvalue weighted by Crippen LogP contribution is -2.48. The van der Waals surface area contributed by atoms with Crippen LogP contribution >= 0.6 is 0 Å². The maximum absolute atomic E-state index is 12.9. The van der Waals surface area contributed by atoms with Crippen molar-refractivity contribution in [1.29, 1.82) is 0 Å². The minimum atomic E-state index is -3.79. The summed E-state index contributed by atoms with van der Waals surface area (Å²) < 4.78 is 38.9. The van der Waals surface area contributed by atoms with Gasteiger partial charge in [-0.3, -0.25) is 4.79 Å². The van der Waals surface area contributed by atoms with Gasteiger partial charge in [-0.1, -0.05) is 6.92 Å².